The molecule has 1 saturated heterocycles. The first kappa shape index (κ1) is 23.1. The molecule has 1 aliphatic rings. The van der Waals surface area contributed by atoms with Crippen molar-refractivity contribution in [3.05, 3.63) is 53.1 Å². The van der Waals surface area contributed by atoms with Crippen molar-refractivity contribution in [2.75, 3.05) is 25.0 Å². The summed E-state index contributed by atoms with van der Waals surface area (Å²) in [4.78, 5) is 12.9. The molecule has 1 aliphatic heterocycles. The molecule has 1 fully saturated rings. The third-order valence-corrected chi connectivity index (χ3v) is 6.88. The van der Waals surface area contributed by atoms with E-state index in [4.69, 9.17) is 9.47 Å². The Kier molecular flexibility index (Phi) is 7.23. The Labute approximate surface area is 184 Å². The van der Waals surface area contributed by atoms with Gasteiger partial charge >= 0.3 is 0 Å². The minimum Gasteiger partial charge on any atom is -0.496 e. The number of methoxy groups -OCH3 is 1. The van der Waals surface area contributed by atoms with Crippen LogP contribution in [0.25, 0.3) is 0 Å². The van der Waals surface area contributed by atoms with E-state index in [2.05, 4.69) is 10.0 Å². The van der Waals surface area contributed by atoms with Gasteiger partial charge in [-0.2, -0.15) is 0 Å². The molecule has 8 heteroatoms. The number of hydrogen-bond donors (Lipinski definition) is 2. The van der Waals surface area contributed by atoms with E-state index in [9.17, 15) is 13.2 Å². The van der Waals surface area contributed by atoms with Gasteiger partial charge in [-0.3, -0.25) is 9.52 Å². The zero-order chi connectivity index (χ0) is 22.6. The second-order valence-electron chi connectivity index (χ2n) is 8.01. The lowest BCUT2D eigenvalue weighted by molar-refractivity contribution is 0.0858. The molecule has 1 amide bonds. The Hall–Kier alpha value is -2.58. The highest BCUT2D eigenvalue weighted by molar-refractivity contribution is 7.92. The maximum absolute atomic E-state index is 13.2. The SMILES string of the molecule is COc1cc(C)c(S(=O)(=O)Nc2ccccc2C(=O)NC[C@@H]2CCCO2)cc1C(C)C. The molecule has 3 rings (SSSR count). The van der Waals surface area contributed by atoms with E-state index in [1.165, 1.54) is 0 Å². The van der Waals surface area contributed by atoms with Gasteiger partial charge in [0.05, 0.1) is 29.4 Å². The predicted molar refractivity (Wildman–Crippen MR) is 120 cm³/mol. The van der Waals surface area contributed by atoms with Crippen LogP contribution in [0.3, 0.4) is 0 Å². The first-order chi connectivity index (χ1) is 14.7. The first-order valence-corrected chi connectivity index (χ1v) is 11.9. The van der Waals surface area contributed by atoms with Crippen molar-refractivity contribution in [1.29, 1.82) is 0 Å². The summed E-state index contributed by atoms with van der Waals surface area (Å²) >= 11 is 0. The van der Waals surface area contributed by atoms with Crippen LogP contribution in [-0.2, 0) is 14.8 Å². The molecule has 0 bridgehead atoms. The molecular formula is C23H30N2O5S. The van der Waals surface area contributed by atoms with E-state index in [1.54, 1.807) is 50.4 Å². The lowest BCUT2D eigenvalue weighted by Crippen LogP contribution is -2.32. The molecule has 0 unspecified atom stereocenters. The Balaban J connectivity index is 1.87. The molecule has 2 aromatic carbocycles. The van der Waals surface area contributed by atoms with Gasteiger partial charge in [-0.15, -0.1) is 0 Å². The van der Waals surface area contributed by atoms with Gasteiger partial charge in [-0.05, 0) is 61.1 Å². The molecular weight excluding hydrogens is 416 g/mol. The Morgan fingerprint density at radius 1 is 1.26 bits per heavy atom. The van der Waals surface area contributed by atoms with Crippen molar-refractivity contribution < 1.29 is 22.7 Å². The summed E-state index contributed by atoms with van der Waals surface area (Å²) in [6.07, 6.45) is 1.89. The van der Waals surface area contributed by atoms with Crippen LogP contribution in [0.5, 0.6) is 5.75 Å². The summed E-state index contributed by atoms with van der Waals surface area (Å²) in [6, 6.07) is 9.94. The summed E-state index contributed by atoms with van der Waals surface area (Å²) in [5.41, 5.74) is 1.86. The highest BCUT2D eigenvalue weighted by Gasteiger charge is 2.24. The summed E-state index contributed by atoms with van der Waals surface area (Å²) in [6.45, 7) is 6.78. The fourth-order valence-electron chi connectivity index (χ4n) is 3.67. The number of amides is 1. The average molecular weight is 447 g/mol. The molecule has 0 aromatic heterocycles. The zero-order valence-corrected chi connectivity index (χ0v) is 19.2. The van der Waals surface area contributed by atoms with Gasteiger partial charge in [0.25, 0.3) is 15.9 Å². The fraction of sp³-hybridized carbons (Fsp3) is 0.435. The molecule has 0 aliphatic carbocycles. The van der Waals surface area contributed by atoms with E-state index in [-0.39, 0.29) is 34.1 Å². The van der Waals surface area contributed by atoms with Crippen LogP contribution in [0, 0.1) is 6.92 Å². The molecule has 7 nitrogen and oxygen atoms in total. The van der Waals surface area contributed by atoms with Crippen LogP contribution in [-0.4, -0.2) is 40.7 Å². The third kappa shape index (κ3) is 5.37. The van der Waals surface area contributed by atoms with Crippen LogP contribution in [0.2, 0.25) is 0 Å². The number of ether oxygens (including phenoxy) is 2. The second-order valence-corrected chi connectivity index (χ2v) is 9.66. The van der Waals surface area contributed by atoms with Gasteiger partial charge < -0.3 is 14.8 Å². The number of nitrogens with one attached hydrogen (secondary N) is 2. The lowest BCUT2D eigenvalue weighted by atomic mass is 10.0. The minimum atomic E-state index is -3.92. The van der Waals surface area contributed by atoms with Gasteiger partial charge in [0.15, 0.2) is 0 Å². The van der Waals surface area contributed by atoms with Crippen molar-refractivity contribution in [2.45, 2.75) is 50.5 Å². The number of sulfonamides is 1. The number of hydrogen-bond acceptors (Lipinski definition) is 5. The molecule has 168 valence electrons. The summed E-state index contributed by atoms with van der Waals surface area (Å²) in [5.74, 6) is 0.392. The highest BCUT2D eigenvalue weighted by atomic mass is 32.2. The van der Waals surface area contributed by atoms with Crippen molar-refractivity contribution in [3.63, 3.8) is 0 Å². The Bertz CT molecular complexity index is 1040. The number of anilines is 1. The number of carbonyl (C=O) groups excluding carboxylic acids is 1. The second kappa shape index (κ2) is 9.70. The van der Waals surface area contributed by atoms with Crippen molar-refractivity contribution in [3.8, 4) is 5.75 Å². The zero-order valence-electron chi connectivity index (χ0n) is 18.4. The first-order valence-electron chi connectivity index (χ1n) is 10.4. The van der Waals surface area contributed by atoms with E-state index >= 15 is 0 Å². The number of carbonyl (C=O) groups is 1. The standard InChI is InChI=1S/C23H30N2O5S/c1-15(2)19-13-22(16(3)12-21(19)29-4)31(27,28)25-20-10-6-5-9-18(20)23(26)24-14-17-8-7-11-30-17/h5-6,9-10,12-13,15,17,25H,7-8,11,14H2,1-4H3,(H,24,26)/t17-/m0/s1. The van der Waals surface area contributed by atoms with Gasteiger partial charge in [-0.25, -0.2) is 8.42 Å². The smallest absolute Gasteiger partial charge is 0.262 e. The van der Waals surface area contributed by atoms with E-state index < -0.39 is 10.0 Å². The predicted octanol–water partition coefficient (Wildman–Crippen LogP) is 3.84. The van der Waals surface area contributed by atoms with Crippen LogP contribution in [0.1, 0.15) is 54.1 Å². The monoisotopic (exact) mass is 446 g/mol. The Morgan fingerprint density at radius 2 is 2.00 bits per heavy atom. The fourth-order valence-corrected chi connectivity index (χ4v) is 5.01. The van der Waals surface area contributed by atoms with Crippen LogP contribution >= 0.6 is 0 Å². The van der Waals surface area contributed by atoms with Crippen molar-refractivity contribution in [2.24, 2.45) is 0 Å². The molecule has 0 spiro atoms. The molecule has 2 aromatic rings. The van der Waals surface area contributed by atoms with E-state index in [0.717, 1.165) is 18.4 Å². The summed E-state index contributed by atoms with van der Waals surface area (Å²) in [5, 5.41) is 2.84. The molecule has 0 radical (unpaired) electrons. The number of rotatable bonds is 8. The number of para-hydroxylation sites is 1. The topological polar surface area (TPSA) is 93.7 Å². The van der Waals surface area contributed by atoms with Crippen LogP contribution in [0.4, 0.5) is 5.69 Å². The van der Waals surface area contributed by atoms with Crippen molar-refractivity contribution >= 4 is 21.6 Å². The van der Waals surface area contributed by atoms with E-state index in [1.807, 2.05) is 13.8 Å². The van der Waals surface area contributed by atoms with E-state index in [0.29, 0.717) is 24.5 Å². The summed E-state index contributed by atoms with van der Waals surface area (Å²) in [7, 11) is -2.35. The van der Waals surface area contributed by atoms with Gasteiger partial charge in [0.1, 0.15) is 5.75 Å². The van der Waals surface area contributed by atoms with Crippen molar-refractivity contribution in [1.82, 2.24) is 5.32 Å². The van der Waals surface area contributed by atoms with Crippen LogP contribution in [0.15, 0.2) is 41.3 Å². The average Bonchev–Trinajstić information content (AvgIpc) is 3.25. The molecule has 1 atom stereocenters. The Morgan fingerprint density at radius 3 is 2.65 bits per heavy atom. The highest BCUT2D eigenvalue weighted by Crippen LogP contribution is 2.32. The maximum Gasteiger partial charge on any atom is 0.262 e. The normalized spacial score (nSPS) is 16.4. The molecule has 0 saturated carbocycles. The largest absolute Gasteiger partial charge is 0.496 e. The summed E-state index contributed by atoms with van der Waals surface area (Å²) < 4.78 is 40.0. The minimum absolute atomic E-state index is 0.00390. The van der Waals surface area contributed by atoms with Gasteiger partial charge in [0.2, 0.25) is 0 Å². The number of benzene rings is 2. The molecule has 31 heavy (non-hydrogen) atoms. The van der Waals surface area contributed by atoms with Gasteiger partial charge in [0, 0.05) is 13.2 Å². The molecule has 2 N–H and O–H groups in total. The molecule has 1 heterocycles. The third-order valence-electron chi connectivity index (χ3n) is 5.37. The lowest BCUT2D eigenvalue weighted by Gasteiger charge is -2.18. The maximum atomic E-state index is 13.2. The van der Waals surface area contributed by atoms with Crippen LogP contribution < -0.4 is 14.8 Å². The number of aryl methyl sites for hydroxylation is 1. The quantitative estimate of drug-likeness (QED) is 0.643. The van der Waals surface area contributed by atoms with Gasteiger partial charge in [-0.1, -0.05) is 26.0 Å².